The highest BCUT2D eigenvalue weighted by Gasteiger charge is 2.17. The van der Waals surface area contributed by atoms with Gasteiger partial charge in [-0.1, -0.05) is 0 Å². The summed E-state index contributed by atoms with van der Waals surface area (Å²) in [6.45, 7) is 0.696. The van der Waals surface area contributed by atoms with Gasteiger partial charge in [0.2, 0.25) is 9.84 Å². The van der Waals surface area contributed by atoms with E-state index >= 15 is 0 Å². The zero-order valence-electron chi connectivity index (χ0n) is 12.9. The van der Waals surface area contributed by atoms with Crippen LogP contribution in [0.3, 0.4) is 0 Å². The van der Waals surface area contributed by atoms with E-state index in [9.17, 15) is 8.42 Å². The van der Waals surface area contributed by atoms with Crippen molar-refractivity contribution in [3.8, 4) is 11.5 Å². The number of aliphatic hydroxyl groups excluding tert-OH is 2. The highest BCUT2D eigenvalue weighted by Crippen LogP contribution is 2.23. The van der Waals surface area contributed by atoms with Crippen LogP contribution in [0.5, 0.6) is 11.5 Å². The second-order valence-electron chi connectivity index (χ2n) is 4.55. The first kappa shape index (κ1) is 19.9. The van der Waals surface area contributed by atoms with Gasteiger partial charge in [0.15, 0.2) is 0 Å². The van der Waals surface area contributed by atoms with Gasteiger partial charge in [-0.05, 0) is 48.5 Å². The number of phenolic OH excluding ortho intramolecular Hbond substituents is 2. The maximum absolute atomic E-state index is 12.1. The van der Waals surface area contributed by atoms with Crippen molar-refractivity contribution in [1.29, 1.82) is 0 Å². The molecule has 0 aliphatic heterocycles. The van der Waals surface area contributed by atoms with Crippen LogP contribution in [0.2, 0.25) is 0 Å². The van der Waals surface area contributed by atoms with E-state index < -0.39 is 9.84 Å². The van der Waals surface area contributed by atoms with Crippen molar-refractivity contribution >= 4 is 9.84 Å². The van der Waals surface area contributed by atoms with Crippen LogP contribution in [-0.4, -0.2) is 55.3 Å². The molecule has 2 rings (SSSR count). The average Bonchev–Trinajstić information content (AvgIpc) is 2.57. The van der Waals surface area contributed by atoms with Crippen LogP contribution in [0.1, 0.15) is 0 Å². The number of rotatable bonds is 6. The van der Waals surface area contributed by atoms with Gasteiger partial charge in [-0.3, -0.25) is 0 Å². The molecule has 4 N–H and O–H groups in total. The third-order valence-corrected chi connectivity index (χ3v) is 4.55. The first-order valence-electron chi connectivity index (χ1n) is 7.04. The molecule has 8 heteroatoms. The predicted molar refractivity (Wildman–Crippen MR) is 86.7 cm³/mol. The number of ether oxygens (including phenoxy) is 1. The molecule has 132 valence electrons. The minimum atomic E-state index is -3.59. The SMILES string of the molecule is O=S(=O)(c1ccc(O)cc1)c1ccc(O)cc1.OCCOCCO. The lowest BCUT2D eigenvalue weighted by Crippen LogP contribution is -2.03. The van der Waals surface area contributed by atoms with E-state index in [4.69, 9.17) is 20.4 Å². The van der Waals surface area contributed by atoms with Crippen LogP contribution < -0.4 is 0 Å². The van der Waals surface area contributed by atoms with Gasteiger partial charge in [0.25, 0.3) is 0 Å². The van der Waals surface area contributed by atoms with Gasteiger partial charge >= 0.3 is 0 Å². The Hall–Kier alpha value is -2.13. The normalized spacial score (nSPS) is 10.8. The Morgan fingerprint density at radius 2 is 1.04 bits per heavy atom. The van der Waals surface area contributed by atoms with E-state index in [0.717, 1.165) is 0 Å². The molecule has 7 nitrogen and oxygen atoms in total. The molecule has 2 aromatic rings. The largest absolute Gasteiger partial charge is 0.508 e. The topological polar surface area (TPSA) is 124 Å². The number of sulfone groups is 1. The smallest absolute Gasteiger partial charge is 0.206 e. The fraction of sp³-hybridized carbons (Fsp3) is 0.250. The van der Waals surface area contributed by atoms with Crippen molar-refractivity contribution < 1.29 is 33.6 Å². The summed E-state index contributed by atoms with van der Waals surface area (Å²) < 4.78 is 28.8. The Bertz CT molecular complexity index is 639. The molecular weight excluding hydrogens is 336 g/mol. The monoisotopic (exact) mass is 356 g/mol. The molecule has 2 aromatic carbocycles. The maximum atomic E-state index is 12.1. The minimum Gasteiger partial charge on any atom is -0.508 e. The van der Waals surface area contributed by atoms with Gasteiger partial charge in [-0.15, -0.1) is 0 Å². The Balaban J connectivity index is 0.000000351. The van der Waals surface area contributed by atoms with E-state index in [-0.39, 0.29) is 34.5 Å². The summed E-state index contributed by atoms with van der Waals surface area (Å²) in [6, 6.07) is 10.6. The van der Waals surface area contributed by atoms with Gasteiger partial charge < -0.3 is 25.2 Å². The van der Waals surface area contributed by atoms with Gasteiger partial charge in [0, 0.05) is 0 Å². The second kappa shape index (κ2) is 9.89. The predicted octanol–water partition coefficient (Wildman–Crippen LogP) is 0.918. The molecule has 24 heavy (non-hydrogen) atoms. The van der Waals surface area contributed by atoms with Gasteiger partial charge in [0.1, 0.15) is 11.5 Å². The molecule has 0 aliphatic carbocycles. The molecule has 0 aliphatic rings. The molecule has 0 amide bonds. The van der Waals surface area contributed by atoms with Gasteiger partial charge in [-0.25, -0.2) is 8.42 Å². The lowest BCUT2D eigenvalue weighted by Gasteiger charge is -2.04. The molecule has 0 bridgehead atoms. The number of aromatic hydroxyl groups is 2. The number of aliphatic hydroxyl groups is 2. The van der Waals surface area contributed by atoms with E-state index in [1.54, 1.807) is 0 Å². The van der Waals surface area contributed by atoms with Crippen LogP contribution in [0.25, 0.3) is 0 Å². The maximum Gasteiger partial charge on any atom is 0.206 e. The van der Waals surface area contributed by atoms with Crippen molar-refractivity contribution in [3.63, 3.8) is 0 Å². The van der Waals surface area contributed by atoms with Gasteiger partial charge in [0.05, 0.1) is 36.2 Å². The third-order valence-electron chi connectivity index (χ3n) is 2.77. The highest BCUT2D eigenvalue weighted by molar-refractivity contribution is 7.91. The molecule has 0 aromatic heterocycles. The summed E-state index contributed by atoms with van der Waals surface area (Å²) in [5.41, 5.74) is 0. The Morgan fingerprint density at radius 1 is 0.708 bits per heavy atom. The van der Waals surface area contributed by atoms with Crippen LogP contribution in [0.4, 0.5) is 0 Å². The average molecular weight is 356 g/mol. The minimum absolute atomic E-state index is 0.00894. The fourth-order valence-corrected chi connectivity index (χ4v) is 2.88. The standard InChI is InChI=1S/C12H10O4S.C4H10O3/c13-9-1-5-11(6-2-9)17(15,16)12-7-3-10(14)4-8-12;5-1-3-7-4-2-6/h1-8,13-14H;5-6H,1-4H2. The Morgan fingerprint density at radius 3 is 1.33 bits per heavy atom. The zero-order valence-corrected chi connectivity index (χ0v) is 13.7. The molecule has 0 saturated heterocycles. The summed E-state index contributed by atoms with van der Waals surface area (Å²) in [7, 11) is -3.59. The molecule has 0 radical (unpaired) electrons. The molecule has 0 saturated carbocycles. The lowest BCUT2D eigenvalue weighted by molar-refractivity contribution is 0.0650. The van der Waals surface area contributed by atoms with Crippen LogP contribution in [-0.2, 0) is 14.6 Å². The van der Waals surface area contributed by atoms with Crippen molar-refractivity contribution in [2.45, 2.75) is 9.79 Å². The summed E-state index contributed by atoms with van der Waals surface area (Å²) in [4.78, 5) is 0.196. The number of phenols is 2. The summed E-state index contributed by atoms with van der Waals surface area (Å²) in [5, 5.41) is 34.4. The van der Waals surface area contributed by atoms with Gasteiger partial charge in [-0.2, -0.15) is 0 Å². The van der Waals surface area contributed by atoms with E-state index in [0.29, 0.717) is 13.2 Å². The van der Waals surface area contributed by atoms with E-state index in [1.165, 1.54) is 48.5 Å². The summed E-state index contributed by atoms with van der Waals surface area (Å²) in [5.74, 6) is 0.0179. The van der Waals surface area contributed by atoms with Crippen molar-refractivity contribution in [1.82, 2.24) is 0 Å². The molecule has 0 atom stereocenters. The van der Waals surface area contributed by atoms with Crippen molar-refractivity contribution in [3.05, 3.63) is 48.5 Å². The van der Waals surface area contributed by atoms with Crippen LogP contribution >= 0.6 is 0 Å². The zero-order chi connectivity index (χ0) is 18.0. The first-order chi connectivity index (χ1) is 11.4. The quantitative estimate of drug-likeness (QED) is 0.567. The molecule has 0 spiro atoms. The number of hydrogen-bond acceptors (Lipinski definition) is 7. The van der Waals surface area contributed by atoms with Crippen molar-refractivity contribution in [2.24, 2.45) is 0 Å². The van der Waals surface area contributed by atoms with Crippen LogP contribution in [0, 0.1) is 0 Å². The lowest BCUT2D eigenvalue weighted by atomic mass is 10.3. The first-order valence-corrected chi connectivity index (χ1v) is 8.52. The molecule has 0 heterocycles. The Kier molecular flexibility index (Phi) is 8.20. The fourth-order valence-electron chi connectivity index (χ4n) is 1.62. The van der Waals surface area contributed by atoms with E-state index in [1.807, 2.05) is 0 Å². The van der Waals surface area contributed by atoms with Crippen LogP contribution in [0.15, 0.2) is 58.3 Å². The van der Waals surface area contributed by atoms with E-state index in [2.05, 4.69) is 4.74 Å². The highest BCUT2D eigenvalue weighted by atomic mass is 32.2. The number of benzene rings is 2. The Labute approximate surface area is 140 Å². The summed E-state index contributed by atoms with van der Waals surface area (Å²) in [6.07, 6.45) is 0. The molecular formula is C16H20O7S. The molecule has 0 fully saturated rings. The second-order valence-corrected chi connectivity index (χ2v) is 6.50. The van der Waals surface area contributed by atoms with Crippen molar-refractivity contribution in [2.75, 3.05) is 26.4 Å². The molecule has 0 unspecified atom stereocenters. The third kappa shape index (κ3) is 6.17. The number of hydrogen-bond donors (Lipinski definition) is 4. The summed E-state index contributed by atoms with van der Waals surface area (Å²) >= 11 is 0.